The van der Waals surface area contributed by atoms with Gasteiger partial charge in [0.05, 0.1) is 23.4 Å². The second-order valence-electron chi connectivity index (χ2n) is 7.06. The van der Waals surface area contributed by atoms with Gasteiger partial charge in [0.25, 0.3) is 0 Å². The first-order chi connectivity index (χ1) is 14.9. The van der Waals surface area contributed by atoms with Crippen LogP contribution in [0, 0.1) is 17.4 Å². The Morgan fingerprint density at radius 3 is 2.16 bits per heavy atom. The molecule has 4 aromatic rings. The van der Waals surface area contributed by atoms with E-state index in [4.69, 9.17) is 13.9 Å². The molecule has 0 fully saturated rings. The Bertz CT molecular complexity index is 1340. The molecular formula is C25H19IO5. The lowest BCUT2D eigenvalue weighted by Crippen LogP contribution is -2.08. The molecule has 4 rings (SSSR count). The van der Waals surface area contributed by atoms with E-state index in [1.807, 2.05) is 36.4 Å². The lowest BCUT2D eigenvalue weighted by Gasteiger charge is -2.06. The van der Waals surface area contributed by atoms with Crippen LogP contribution < -0.4 is 14.9 Å². The van der Waals surface area contributed by atoms with Gasteiger partial charge in [-0.25, -0.2) is 4.79 Å². The highest BCUT2D eigenvalue weighted by molar-refractivity contribution is 14.1. The van der Waals surface area contributed by atoms with Crippen LogP contribution in [0.25, 0.3) is 21.9 Å². The number of hydrogen-bond acceptors (Lipinski definition) is 5. The topological polar surface area (TPSA) is 65.7 Å². The molecule has 6 heteroatoms. The van der Waals surface area contributed by atoms with E-state index < -0.39 is 5.97 Å². The summed E-state index contributed by atoms with van der Waals surface area (Å²) in [6.45, 7) is 3.48. The fourth-order valence-electron chi connectivity index (χ4n) is 3.52. The molecule has 3 aromatic carbocycles. The first-order valence-corrected chi connectivity index (χ1v) is 10.7. The first-order valence-electron chi connectivity index (χ1n) is 9.57. The number of furan rings is 1. The van der Waals surface area contributed by atoms with Gasteiger partial charge >= 0.3 is 5.97 Å². The summed E-state index contributed by atoms with van der Waals surface area (Å²) in [5.74, 6) is 1.49. The molecule has 1 aromatic heterocycles. The normalized spacial score (nSPS) is 10.8. The molecule has 0 amide bonds. The summed E-state index contributed by atoms with van der Waals surface area (Å²) >= 11 is 2.17. The number of rotatable bonds is 4. The standard InChI is InChI=1S/C25H19IO5/c1-14-23-21(27)12-18(16-6-10-20(29-3)11-7-16)13-22(24(23)15(2)30-14)31-25(28)17-4-8-19(26)9-5-17/h4-13H,1-3H3. The summed E-state index contributed by atoms with van der Waals surface area (Å²) in [4.78, 5) is 25.9. The Labute approximate surface area is 192 Å². The summed E-state index contributed by atoms with van der Waals surface area (Å²) < 4.78 is 17.7. The van der Waals surface area contributed by atoms with Gasteiger partial charge in [0.2, 0.25) is 0 Å². The fraction of sp³-hybridized carbons (Fsp3) is 0.120. The highest BCUT2D eigenvalue weighted by Crippen LogP contribution is 2.34. The fourth-order valence-corrected chi connectivity index (χ4v) is 3.88. The van der Waals surface area contributed by atoms with Gasteiger partial charge in [-0.05, 0) is 96.1 Å². The van der Waals surface area contributed by atoms with E-state index in [1.54, 1.807) is 39.2 Å². The van der Waals surface area contributed by atoms with E-state index in [0.717, 1.165) is 9.13 Å². The number of hydrogen-bond donors (Lipinski definition) is 0. The second-order valence-corrected chi connectivity index (χ2v) is 8.31. The van der Waals surface area contributed by atoms with Crippen molar-refractivity contribution in [2.45, 2.75) is 13.8 Å². The third kappa shape index (κ3) is 4.20. The summed E-state index contributed by atoms with van der Waals surface area (Å²) in [7, 11) is 1.59. The number of esters is 1. The number of fused-ring (bicyclic) bond motifs is 1. The lowest BCUT2D eigenvalue weighted by atomic mass is 10.1. The van der Waals surface area contributed by atoms with Gasteiger partial charge < -0.3 is 13.9 Å². The molecule has 0 aliphatic carbocycles. The minimum atomic E-state index is -0.504. The van der Waals surface area contributed by atoms with Crippen molar-refractivity contribution in [3.63, 3.8) is 0 Å². The average Bonchev–Trinajstić information content (AvgIpc) is 2.97. The SMILES string of the molecule is COc1ccc(-c2cc(OC(=O)c3ccc(I)cc3)c3c(C)oc(C)c3c(=O)c2)cc1. The van der Waals surface area contributed by atoms with Crippen molar-refractivity contribution < 1.29 is 18.7 Å². The molecule has 0 aliphatic heterocycles. The van der Waals surface area contributed by atoms with Crippen LogP contribution in [0.15, 0.2) is 69.9 Å². The maximum Gasteiger partial charge on any atom is 0.343 e. The molecule has 0 atom stereocenters. The third-order valence-corrected chi connectivity index (χ3v) is 5.75. The quantitative estimate of drug-likeness (QED) is 0.245. The molecule has 1 heterocycles. The van der Waals surface area contributed by atoms with Gasteiger partial charge in [-0.3, -0.25) is 4.79 Å². The monoisotopic (exact) mass is 526 g/mol. The van der Waals surface area contributed by atoms with Gasteiger partial charge in [-0.1, -0.05) is 12.1 Å². The van der Waals surface area contributed by atoms with Crippen molar-refractivity contribution >= 4 is 39.3 Å². The zero-order valence-corrected chi connectivity index (χ0v) is 19.4. The summed E-state index contributed by atoms with van der Waals surface area (Å²) in [6, 6.07) is 17.7. The lowest BCUT2D eigenvalue weighted by molar-refractivity contribution is 0.0737. The third-order valence-electron chi connectivity index (χ3n) is 5.03. The summed E-state index contributed by atoms with van der Waals surface area (Å²) in [5, 5.41) is 0.906. The zero-order chi connectivity index (χ0) is 22.1. The van der Waals surface area contributed by atoms with E-state index in [9.17, 15) is 9.59 Å². The molecule has 0 spiro atoms. The molecule has 0 radical (unpaired) electrons. The Morgan fingerprint density at radius 1 is 0.871 bits per heavy atom. The van der Waals surface area contributed by atoms with Crippen molar-refractivity contribution in [1.82, 2.24) is 0 Å². The highest BCUT2D eigenvalue weighted by Gasteiger charge is 2.19. The maximum atomic E-state index is 13.0. The molecule has 5 nitrogen and oxygen atoms in total. The number of carbonyl (C=O) groups is 1. The predicted molar refractivity (Wildman–Crippen MR) is 128 cm³/mol. The summed E-state index contributed by atoms with van der Waals surface area (Å²) in [6.07, 6.45) is 0. The van der Waals surface area contributed by atoms with E-state index >= 15 is 0 Å². The first kappa shape index (κ1) is 21.1. The smallest absolute Gasteiger partial charge is 0.343 e. The van der Waals surface area contributed by atoms with Crippen LogP contribution in [0.2, 0.25) is 0 Å². The van der Waals surface area contributed by atoms with Gasteiger partial charge in [-0.2, -0.15) is 0 Å². The molecule has 0 saturated heterocycles. The Kier molecular flexibility index (Phi) is 5.82. The number of methoxy groups -OCH3 is 1. The molecule has 0 unspecified atom stereocenters. The van der Waals surface area contributed by atoms with Crippen molar-refractivity contribution in [2.24, 2.45) is 0 Å². The molecule has 0 saturated carbocycles. The van der Waals surface area contributed by atoms with Crippen LogP contribution in [0.3, 0.4) is 0 Å². The van der Waals surface area contributed by atoms with Gasteiger partial charge in [0, 0.05) is 3.57 Å². The van der Waals surface area contributed by atoms with Gasteiger partial charge in [0.15, 0.2) is 5.43 Å². The van der Waals surface area contributed by atoms with Crippen LogP contribution >= 0.6 is 22.6 Å². The van der Waals surface area contributed by atoms with Crippen molar-refractivity contribution in [3.8, 4) is 22.6 Å². The van der Waals surface area contributed by atoms with Crippen LogP contribution in [0.5, 0.6) is 11.5 Å². The minimum Gasteiger partial charge on any atom is -0.497 e. The maximum absolute atomic E-state index is 13.0. The highest BCUT2D eigenvalue weighted by atomic mass is 127. The number of ether oxygens (including phenoxy) is 2. The van der Waals surface area contributed by atoms with E-state index in [-0.39, 0.29) is 11.2 Å². The predicted octanol–water partition coefficient (Wildman–Crippen LogP) is 5.91. The van der Waals surface area contributed by atoms with Crippen LogP contribution in [0.4, 0.5) is 0 Å². The molecule has 0 bridgehead atoms. The number of carbonyl (C=O) groups excluding carboxylic acids is 1. The van der Waals surface area contributed by atoms with Crippen LogP contribution in [-0.2, 0) is 0 Å². The number of halogens is 1. The van der Waals surface area contributed by atoms with Crippen molar-refractivity contribution in [2.75, 3.05) is 7.11 Å². The van der Waals surface area contributed by atoms with E-state index in [2.05, 4.69) is 22.6 Å². The molecule has 0 aliphatic rings. The van der Waals surface area contributed by atoms with Gasteiger partial charge in [0.1, 0.15) is 23.0 Å². The Balaban J connectivity index is 1.90. The van der Waals surface area contributed by atoms with Crippen molar-refractivity contribution in [3.05, 3.63) is 91.5 Å². The second kappa shape index (κ2) is 8.55. The van der Waals surface area contributed by atoms with Crippen LogP contribution in [-0.4, -0.2) is 13.1 Å². The van der Waals surface area contributed by atoms with Crippen molar-refractivity contribution in [1.29, 1.82) is 0 Å². The number of benzene rings is 2. The Hall–Kier alpha value is -3.13. The number of aryl methyl sites for hydroxylation is 2. The van der Waals surface area contributed by atoms with Gasteiger partial charge in [-0.15, -0.1) is 0 Å². The largest absolute Gasteiger partial charge is 0.497 e. The Morgan fingerprint density at radius 2 is 1.52 bits per heavy atom. The molecule has 0 N–H and O–H groups in total. The molecule has 31 heavy (non-hydrogen) atoms. The summed E-state index contributed by atoms with van der Waals surface area (Å²) in [5.41, 5.74) is 1.65. The average molecular weight is 526 g/mol. The minimum absolute atomic E-state index is 0.202. The molecule has 156 valence electrons. The van der Waals surface area contributed by atoms with E-state index in [1.165, 1.54) is 6.07 Å². The van der Waals surface area contributed by atoms with Crippen LogP contribution in [0.1, 0.15) is 21.9 Å². The molecular weight excluding hydrogens is 507 g/mol. The zero-order valence-electron chi connectivity index (χ0n) is 17.2. The van der Waals surface area contributed by atoms with E-state index in [0.29, 0.717) is 39.2 Å².